The van der Waals surface area contributed by atoms with Crippen molar-refractivity contribution in [1.82, 2.24) is 14.9 Å². The van der Waals surface area contributed by atoms with Crippen LogP contribution in [0.25, 0.3) is 11.4 Å². The van der Waals surface area contributed by atoms with E-state index in [0.29, 0.717) is 35.1 Å². The highest BCUT2D eigenvalue weighted by atomic mass is 16.2. The van der Waals surface area contributed by atoms with E-state index in [1.165, 1.54) is 0 Å². The van der Waals surface area contributed by atoms with Crippen LogP contribution in [0.4, 0.5) is 17.2 Å². The second-order valence-corrected chi connectivity index (χ2v) is 10.0. The number of rotatable bonds is 7. The minimum Gasteiger partial charge on any atom is -0.306 e. The molecule has 0 saturated heterocycles. The van der Waals surface area contributed by atoms with Crippen molar-refractivity contribution >= 4 is 29.0 Å². The fourth-order valence-corrected chi connectivity index (χ4v) is 4.47. The summed E-state index contributed by atoms with van der Waals surface area (Å²) in [5, 5.41) is 0. The summed E-state index contributed by atoms with van der Waals surface area (Å²) in [6.45, 7) is 11.9. The van der Waals surface area contributed by atoms with Crippen LogP contribution < -0.4 is 9.80 Å². The first-order valence-corrected chi connectivity index (χ1v) is 12.7. The van der Waals surface area contributed by atoms with Crippen LogP contribution in [-0.2, 0) is 4.79 Å². The summed E-state index contributed by atoms with van der Waals surface area (Å²) in [6.07, 6.45) is 3.60. The Morgan fingerprint density at radius 2 is 1.64 bits per heavy atom. The first-order chi connectivity index (χ1) is 17.3. The van der Waals surface area contributed by atoms with Crippen molar-refractivity contribution in [2.45, 2.75) is 53.0 Å². The number of aromatic nitrogens is 2. The third kappa shape index (κ3) is 5.02. The Kier molecular flexibility index (Phi) is 7.50. The number of para-hydroxylation sites is 2. The number of amides is 2. The van der Waals surface area contributed by atoms with Gasteiger partial charge in [0.05, 0.1) is 17.9 Å². The van der Waals surface area contributed by atoms with Gasteiger partial charge in [0, 0.05) is 23.8 Å². The molecule has 1 aliphatic rings. The lowest BCUT2D eigenvalue weighted by Gasteiger charge is -2.36. The number of fused-ring (bicyclic) bond motifs is 2. The van der Waals surface area contributed by atoms with E-state index in [4.69, 9.17) is 4.98 Å². The second kappa shape index (κ2) is 10.6. The maximum atomic E-state index is 14.1. The maximum absolute atomic E-state index is 14.1. The molecule has 0 bridgehead atoms. The molecule has 2 heterocycles. The van der Waals surface area contributed by atoms with Gasteiger partial charge >= 0.3 is 0 Å². The molecule has 0 fully saturated rings. The minimum atomic E-state index is -0.214. The van der Waals surface area contributed by atoms with Gasteiger partial charge in [-0.3, -0.25) is 19.4 Å². The van der Waals surface area contributed by atoms with Crippen LogP contribution in [0, 0.1) is 0 Å². The van der Waals surface area contributed by atoms with E-state index in [0.717, 1.165) is 24.9 Å². The minimum absolute atomic E-state index is 0.127. The standard InChI is InChI=1S/C29H35N5O2/c1-6-8-18-32(29(3,4)5)20-25(35)34-24-17-13-12-16-23(24)33(7-2)28(36)22-19-30-26(31-27(22)34)21-14-10-9-11-15-21/h9-17,19H,6-8,18,20H2,1-5H3. The summed E-state index contributed by atoms with van der Waals surface area (Å²) in [7, 11) is 0. The molecule has 0 saturated carbocycles. The zero-order valence-electron chi connectivity index (χ0n) is 21.9. The van der Waals surface area contributed by atoms with Crippen LogP contribution >= 0.6 is 0 Å². The van der Waals surface area contributed by atoms with Crippen molar-refractivity contribution in [3.63, 3.8) is 0 Å². The van der Waals surface area contributed by atoms with E-state index in [1.807, 2.05) is 61.5 Å². The average molecular weight is 486 g/mol. The smallest absolute Gasteiger partial charge is 0.263 e. The highest BCUT2D eigenvalue weighted by Gasteiger charge is 2.36. The van der Waals surface area contributed by atoms with Crippen molar-refractivity contribution < 1.29 is 9.59 Å². The summed E-state index contributed by atoms with van der Waals surface area (Å²) in [5.74, 6) is 0.458. The zero-order valence-corrected chi connectivity index (χ0v) is 21.9. The van der Waals surface area contributed by atoms with Crippen molar-refractivity contribution in [2.24, 2.45) is 0 Å². The van der Waals surface area contributed by atoms with Gasteiger partial charge in [-0.15, -0.1) is 0 Å². The van der Waals surface area contributed by atoms with E-state index in [2.05, 4.69) is 37.6 Å². The van der Waals surface area contributed by atoms with E-state index in [9.17, 15) is 9.59 Å². The van der Waals surface area contributed by atoms with Gasteiger partial charge in [0.2, 0.25) is 5.91 Å². The Bertz CT molecular complexity index is 1240. The van der Waals surface area contributed by atoms with Gasteiger partial charge in [-0.05, 0) is 52.8 Å². The molecule has 4 rings (SSSR count). The Labute approximate surface area is 213 Å². The van der Waals surface area contributed by atoms with Gasteiger partial charge in [-0.2, -0.15) is 0 Å². The molecule has 0 N–H and O–H groups in total. The molecule has 36 heavy (non-hydrogen) atoms. The predicted molar refractivity (Wildman–Crippen MR) is 145 cm³/mol. The van der Waals surface area contributed by atoms with Gasteiger partial charge < -0.3 is 4.90 Å². The van der Waals surface area contributed by atoms with Crippen molar-refractivity contribution in [3.8, 4) is 11.4 Å². The highest BCUT2D eigenvalue weighted by Crippen LogP contribution is 2.40. The molecule has 1 aromatic heterocycles. The molecule has 0 spiro atoms. The highest BCUT2D eigenvalue weighted by molar-refractivity contribution is 6.18. The fourth-order valence-electron chi connectivity index (χ4n) is 4.47. The van der Waals surface area contributed by atoms with Gasteiger partial charge in [-0.1, -0.05) is 55.8 Å². The zero-order chi connectivity index (χ0) is 25.9. The van der Waals surface area contributed by atoms with E-state index in [1.54, 1.807) is 16.0 Å². The Balaban J connectivity index is 1.89. The molecular weight excluding hydrogens is 450 g/mol. The number of benzene rings is 2. The topological polar surface area (TPSA) is 69.6 Å². The van der Waals surface area contributed by atoms with Crippen molar-refractivity contribution in [2.75, 3.05) is 29.4 Å². The molecule has 188 valence electrons. The summed E-state index contributed by atoms with van der Waals surface area (Å²) >= 11 is 0. The molecule has 0 aliphatic carbocycles. The molecule has 7 heteroatoms. The van der Waals surface area contributed by atoms with Gasteiger partial charge in [0.25, 0.3) is 5.91 Å². The number of unbranched alkanes of at least 4 members (excludes halogenated alkanes) is 1. The maximum Gasteiger partial charge on any atom is 0.263 e. The molecule has 3 aromatic rings. The Hall–Kier alpha value is -3.58. The van der Waals surface area contributed by atoms with Crippen molar-refractivity contribution in [3.05, 3.63) is 66.4 Å². The van der Waals surface area contributed by atoms with Gasteiger partial charge in [0.1, 0.15) is 5.56 Å². The summed E-state index contributed by atoms with van der Waals surface area (Å²) in [4.78, 5) is 42.7. The largest absolute Gasteiger partial charge is 0.306 e. The van der Waals surface area contributed by atoms with E-state index >= 15 is 0 Å². The lowest BCUT2D eigenvalue weighted by molar-refractivity contribution is -0.120. The lowest BCUT2D eigenvalue weighted by atomic mass is 10.0. The molecule has 0 atom stereocenters. The lowest BCUT2D eigenvalue weighted by Crippen LogP contribution is -2.48. The molecule has 2 amide bonds. The number of hydrogen-bond acceptors (Lipinski definition) is 5. The van der Waals surface area contributed by atoms with Crippen LogP contribution in [0.5, 0.6) is 0 Å². The van der Waals surface area contributed by atoms with Crippen LogP contribution in [0.1, 0.15) is 57.8 Å². The number of nitrogens with zero attached hydrogens (tertiary/aromatic N) is 5. The molecule has 7 nitrogen and oxygen atoms in total. The summed E-state index contributed by atoms with van der Waals surface area (Å²) < 4.78 is 0. The van der Waals surface area contributed by atoms with Crippen LogP contribution in [0.2, 0.25) is 0 Å². The number of anilines is 3. The molecule has 0 radical (unpaired) electrons. The summed E-state index contributed by atoms with van der Waals surface area (Å²) in [6, 6.07) is 17.2. The fraction of sp³-hybridized carbons (Fsp3) is 0.379. The molecule has 1 aliphatic heterocycles. The Morgan fingerprint density at radius 1 is 0.972 bits per heavy atom. The number of carbonyl (C=O) groups excluding carboxylic acids is 2. The van der Waals surface area contributed by atoms with Crippen LogP contribution in [-0.4, -0.2) is 51.9 Å². The van der Waals surface area contributed by atoms with Gasteiger partial charge in [0.15, 0.2) is 11.6 Å². The normalized spacial score (nSPS) is 13.4. The third-order valence-corrected chi connectivity index (χ3v) is 6.52. The predicted octanol–water partition coefficient (Wildman–Crippen LogP) is 5.69. The molecule has 0 unspecified atom stereocenters. The summed E-state index contributed by atoms with van der Waals surface area (Å²) in [5.41, 5.74) is 2.29. The first kappa shape index (κ1) is 25.5. The molecular formula is C29H35N5O2. The SMILES string of the molecule is CCCCN(CC(=O)N1c2ccccc2N(CC)C(=O)c2cnc(-c3ccccc3)nc21)C(C)(C)C. The third-order valence-electron chi connectivity index (χ3n) is 6.52. The monoisotopic (exact) mass is 485 g/mol. The second-order valence-electron chi connectivity index (χ2n) is 10.0. The number of hydrogen-bond donors (Lipinski definition) is 0. The van der Waals surface area contributed by atoms with Crippen LogP contribution in [0.15, 0.2) is 60.8 Å². The average Bonchev–Trinajstić information content (AvgIpc) is 2.97. The number of carbonyl (C=O) groups is 2. The van der Waals surface area contributed by atoms with E-state index < -0.39 is 0 Å². The van der Waals surface area contributed by atoms with Gasteiger partial charge in [-0.25, -0.2) is 9.97 Å². The van der Waals surface area contributed by atoms with E-state index in [-0.39, 0.29) is 23.9 Å². The van der Waals surface area contributed by atoms with Crippen molar-refractivity contribution in [1.29, 1.82) is 0 Å². The first-order valence-electron chi connectivity index (χ1n) is 12.7. The molecule has 2 aromatic carbocycles. The quantitative estimate of drug-likeness (QED) is 0.430. The Morgan fingerprint density at radius 3 is 2.28 bits per heavy atom. The van der Waals surface area contributed by atoms with Crippen LogP contribution in [0.3, 0.4) is 0 Å².